The van der Waals surface area contributed by atoms with Crippen molar-refractivity contribution in [3.63, 3.8) is 0 Å². The number of nitrogens with zero attached hydrogens (tertiary/aromatic N) is 2. The second-order valence-corrected chi connectivity index (χ2v) is 6.20. The van der Waals surface area contributed by atoms with Gasteiger partial charge in [0.15, 0.2) is 0 Å². The molecule has 0 spiro atoms. The summed E-state index contributed by atoms with van der Waals surface area (Å²) in [5, 5.41) is 6.89. The van der Waals surface area contributed by atoms with E-state index in [0.717, 1.165) is 34.7 Å². The molecule has 130 valence electrons. The number of ether oxygens (including phenoxy) is 1. The molecule has 3 nitrogen and oxygen atoms in total. The minimum Gasteiger partial charge on any atom is -0.496 e. The Morgan fingerprint density at radius 1 is 0.923 bits per heavy atom. The predicted molar refractivity (Wildman–Crippen MR) is 102 cm³/mol. The molecule has 0 saturated heterocycles. The van der Waals surface area contributed by atoms with Gasteiger partial charge in [-0.2, -0.15) is 5.10 Å². The summed E-state index contributed by atoms with van der Waals surface area (Å²) in [6.07, 6.45) is 0.723. The highest BCUT2D eigenvalue weighted by atomic mass is 19.1. The number of hydrazone groups is 1. The fourth-order valence-corrected chi connectivity index (χ4v) is 3.33. The van der Waals surface area contributed by atoms with Crippen LogP contribution in [0.25, 0.3) is 0 Å². The first kappa shape index (κ1) is 16.3. The van der Waals surface area contributed by atoms with Gasteiger partial charge in [-0.25, -0.2) is 4.39 Å². The maximum Gasteiger partial charge on any atom is 0.124 e. The zero-order valence-corrected chi connectivity index (χ0v) is 14.5. The predicted octanol–water partition coefficient (Wildman–Crippen LogP) is 5.19. The minimum absolute atomic E-state index is 0.0219. The van der Waals surface area contributed by atoms with Crippen molar-refractivity contribution < 1.29 is 9.13 Å². The first-order valence-electron chi connectivity index (χ1n) is 8.57. The molecule has 0 unspecified atom stereocenters. The molecule has 0 radical (unpaired) electrons. The van der Waals surface area contributed by atoms with Gasteiger partial charge in [-0.1, -0.05) is 48.5 Å². The third-order valence-corrected chi connectivity index (χ3v) is 4.61. The van der Waals surface area contributed by atoms with Crippen molar-refractivity contribution in [2.24, 2.45) is 5.10 Å². The van der Waals surface area contributed by atoms with Crippen molar-refractivity contribution >= 4 is 11.4 Å². The molecular weight excluding hydrogens is 327 g/mol. The molecule has 1 heterocycles. The van der Waals surface area contributed by atoms with Crippen LogP contribution >= 0.6 is 0 Å². The second kappa shape index (κ2) is 7.00. The molecular formula is C22H19FN2O. The summed E-state index contributed by atoms with van der Waals surface area (Å²) in [5.74, 6) is 0.600. The van der Waals surface area contributed by atoms with E-state index in [1.165, 1.54) is 12.1 Å². The van der Waals surface area contributed by atoms with E-state index in [2.05, 4.69) is 6.07 Å². The highest BCUT2D eigenvalue weighted by Crippen LogP contribution is 2.39. The first-order valence-corrected chi connectivity index (χ1v) is 8.57. The van der Waals surface area contributed by atoms with Gasteiger partial charge in [-0.3, -0.25) is 5.01 Å². The lowest BCUT2D eigenvalue weighted by molar-refractivity contribution is 0.405. The lowest BCUT2D eigenvalue weighted by Gasteiger charge is -2.25. The van der Waals surface area contributed by atoms with Crippen molar-refractivity contribution in [3.05, 3.63) is 95.8 Å². The number of halogens is 1. The third-order valence-electron chi connectivity index (χ3n) is 4.61. The van der Waals surface area contributed by atoms with Crippen LogP contribution in [-0.4, -0.2) is 12.8 Å². The topological polar surface area (TPSA) is 24.8 Å². The highest BCUT2D eigenvalue weighted by Gasteiger charge is 2.31. The summed E-state index contributed by atoms with van der Waals surface area (Å²) in [5.41, 5.74) is 3.97. The fraction of sp³-hybridized carbons (Fsp3) is 0.136. The van der Waals surface area contributed by atoms with Crippen molar-refractivity contribution in [3.8, 4) is 5.75 Å². The Kier molecular flexibility index (Phi) is 4.40. The van der Waals surface area contributed by atoms with Crippen LogP contribution in [0.3, 0.4) is 0 Å². The maximum absolute atomic E-state index is 13.3. The number of anilines is 1. The lowest BCUT2D eigenvalue weighted by Crippen LogP contribution is -2.19. The largest absolute Gasteiger partial charge is 0.496 e. The summed E-state index contributed by atoms with van der Waals surface area (Å²) in [6, 6.07) is 24.6. The van der Waals surface area contributed by atoms with Crippen molar-refractivity contribution in [1.29, 1.82) is 0 Å². The molecule has 0 saturated carbocycles. The molecule has 26 heavy (non-hydrogen) atoms. The quantitative estimate of drug-likeness (QED) is 0.649. The molecule has 1 aliphatic heterocycles. The van der Waals surface area contributed by atoms with Gasteiger partial charge in [-0.15, -0.1) is 0 Å². The van der Waals surface area contributed by atoms with E-state index in [4.69, 9.17) is 9.84 Å². The zero-order chi connectivity index (χ0) is 17.9. The number of para-hydroxylation sites is 2. The van der Waals surface area contributed by atoms with E-state index < -0.39 is 0 Å². The Labute approximate surface area is 152 Å². The van der Waals surface area contributed by atoms with Crippen LogP contribution in [-0.2, 0) is 0 Å². The second-order valence-electron chi connectivity index (χ2n) is 6.20. The smallest absolute Gasteiger partial charge is 0.124 e. The number of hydrogen-bond donors (Lipinski definition) is 0. The van der Waals surface area contributed by atoms with E-state index in [9.17, 15) is 4.39 Å². The first-order chi connectivity index (χ1) is 12.8. The molecule has 1 aliphatic rings. The Hall–Kier alpha value is -3.14. The van der Waals surface area contributed by atoms with Gasteiger partial charge in [0.25, 0.3) is 0 Å². The summed E-state index contributed by atoms with van der Waals surface area (Å²) < 4.78 is 18.9. The van der Waals surface area contributed by atoms with Gasteiger partial charge in [0, 0.05) is 12.0 Å². The van der Waals surface area contributed by atoms with Crippen LogP contribution < -0.4 is 9.75 Å². The van der Waals surface area contributed by atoms with E-state index in [0.29, 0.717) is 0 Å². The SMILES string of the molecule is COc1ccccc1[C@@H]1CC(c2ccc(F)cc2)=NN1c1ccccc1. The number of benzene rings is 3. The number of hydrogen-bond acceptors (Lipinski definition) is 3. The van der Waals surface area contributed by atoms with Crippen LogP contribution in [0.2, 0.25) is 0 Å². The van der Waals surface area contributed by atoms with Crippen LogP contribution in [0, 0.1) is 5.82 Å². The molecule has 0 fully saturated rings. The van der Waals surface area contributed by atoms with Crippen molar-refractivity contribution in [2.75, 3.05) is 12.1 Å². The third kappa shape index (κ3) is 3.06. The van der Waals surface area contributed by atoms with Gasteiger partial charge in [0.2, 0.25) is 0 Å². The molecule has 4 rings (SSSR count). The Morgan fingerprint density at radius 2 is 1.62 bits per heavy atom. The average Bonchev–Trinajstić information content (AvgIpc) is 3.14. The molecule has 0 aromatic heterocycles. The zero-order valence-electron chi connectivity index (χ0n) is 14.5. The van der Waals surface area contributed by atoms with Gasteiger partial charge < -0.3 is 4.74 Å². The van der Waals surface area contributed by atoms with E-state index in [1.807, 2.05) is 53.5 Å². The summed E-state index contributed by atoms with van der Waals surface area (Å²) in [6.45, 7) is 0. The Balaban J connectivity index is 1.77. The monoisotopic (exact) mass is 346 g/mol. The Morgan fingerprint density at radius 3 is 2.35 bits per heavy atom. The summed E-state index contributed by atoms with van der Waals surface area (Å²) in [7, 11) is 1.68. The van der Waals surface area contributed by atoms with Gasteiger partial charge >= 0.3 is 0 Å². The summed E-state index contributed by atoms with van der Waals surface area (Å²) >= 11 is 0. The summed E-state index contributed by atoms with van der Waals surface area (Å²) in [4.78, 5) is 0. The standard InChI is InChI=1S/C22H19FN2O/c1-26-22-10-6-5-9-19(22)21-15-20(16-11-13-17(23)14-12-16)24-25(21)18-7-3-2-4-8-18/h2-14,21H,15H2,1H3/t21-/m0/s1. The van der Waals surface area contributed by atoms with E-state index in [-0.39, 0.29) is 11.9 Å². The van der Waals surface area contributed by atoms with E-state index >= 15 is 0 Å². The number of rotatable bonds is 4. The maximum atomic E-state index is 13.3. The van der Waals surface area contributed by atoms with E-state index in [1.54, 1.807) is 19.2 Å². The molecule has 3 aromatic carbocycles. The fourth-order valence-electron chi connectivity index (χ4n) is 3.33. The molecule has 0 bridgehead atoms. The van der Waals surface area contributed by atoms with Gasteiger partial charge in [0.1, 0.15) is 11.6 Å². The minimum atomic E-state index is -0.242. The molecule has 0 aliphatic carbocycles. The van der Waals surface area contributed by atoms with Gasteiger partial charge in [-0.05, 0) is 35.9 Å². The number of methoxy groups -OCH3 is 1. The average molecular weight is 346 g/mol. The van der Waals surface area contributed by atoms with Crippen molar-refractivity contribution in [2.45, 2.75) is 12.5 Å². The van der Waals surface area contributed by atoms with Crippen LogP contribution in [0.4, 0.5) is 10.1 Å². The van der Waals surface area contributed by atoms with Gasteiger partial charge in [0.05, 0.1) is 24.6 Å². The highest BCUT2D eigenvalue weighted by molar-refractivity contribution is 6.03. The lowest BCUT2D eigenvalue weighted by atomic mass is 9.97. The molecule has 0 N–H and O–H groups in total. The van der Waals surface area contributed by atoms with Crippen LogP contribution in [0.5, 0.6) is 5.75 Å². The van der Waals surface area contributed by atoms with Crippen molar-refractivity contribution in [1.82, 2.24) is 0 Å². The Bertz CT molecular complexity index is 922. The van der Waals surface area contributed by atoms with Crippen LogP contribution in [0.1, 0.15) is 23.6 Å². The molecule has 1 atom stereocenters. The van der Waals surface area contributed by atoms with Crippen LogP contribution in [0.15, 0.2) is 84.0 Å². The normalized spacial score (nSPS) is 16.5. The molecule has 3 aromatic rings. The molecule has 0 amide bonds. The molecule has 4 heteroatoms.